The number of allylic oxidation sites excluding steroid dienone is 1. The van der Waals surface area contributed by atoms with E-state index in [1.807, 2.05) is 0 Å². The fraction of sp³-hybridized carbons (Fsp3) is 0.600. The normalized spacial score (nSPS) is 19.8. The van der Waals surface area contributed by atoms with Gasteiger partial charge in [0.2, 0.25) is 0 Å². The van der Waals surface area contributed by atoms with Gasteiger partial charge in [0, 0.05) is 0 Å². The summed E-state index contributed by atoms with van der Waals surface area (Å²) in [5.74, 6) is 0. The minimum Gasteiger partial charge on any atom is -0.387 e. The molecule has 0 amide bonds. The second kappa shape index (κ2) is 4.56. The first-order chi connectivity index (χ1) is 5.81. The lowest BCUT2D eigenvalue weighted by molar-refractivity contribution is -0.0750. The van der Waals surface area contributed by atoms with Crippen LogP contribution in [-0.4, -0.2) is 33.1 Å². The molecule has 0 bridgehead atoms. The van der Waals surface area contributed by atoms with Gasteiger partial charge in [-0.05, 0) is 20.8 Å². The van der Waals surface area contributed by atoms with Crippen LogP contribution in [0.15, 0.2) is 24.3 Å². The predicted octanol–water partition coefficient (Wildman–Crippen LogP) is 0.611. The average molecular weight is 186 g/mol. The van der Waals surface area contributed by atoms with Crippen molar-refractivity contribution in [2.75, 3.05) is 0 Å². The van der Waals surface area contributed by atoms with Gasteiger partial charge in [0.1, 0.15) is 17.8 Å². The summed E-state index contributed by atoms with van der Waals surface area (Å²) >= 11 is 0. The van der Waals surface area contributed by atoms with Crippen molar-refractivity contribution in [3.05, 3.63) is 24.3 Å². The summed E-state index contributed by atoms with van der Waals surface area (Å²) < 4.78 is 0. The smallest absolute Gasteiger partial charge is 0.115 e. The molecule has 0 radical (unpaired) electrons. The topological polar surface area (TPSA) is 60.7 Å². The zero-order valence-electron chi connectivity index (χ0n) is 8.36. The van der Waals surface area contributed by atoms with E-state index in [2.05, 4.69) is 6.58 Å². The van der Waals surface area contributed by atoms with Crippen molar-refractivity contribution in [2.24, 2.45) is 0 Å². The Morgan fingerprint density at radius 1 is 1.38 bits per heavy atom. The maximum Gasteiger partial charge on any atom is 0.115 e. The van der Waals surface area contributed by atoms with E-state index in [4.69, 9.17) is 0 Å². The Hall–Kier alpha value is -0.640. The molecule has 0 saturated heterocycles. The van der Waals surface area contributed by atoms with Crippen LogP contribution in [0.25, 0.3) is 0 Å². The van der Waals surface area contributed by atoms with E-state index in [-0.39, 0.29) is 0 Å². The summed E-state index contributed by atoms with van der Waals surface area (Å²) in [4.78, 5) is 0. The van der Waals surface area contributed by atoms with Gasteiger partial charge < -0.3 is 15.3 Å². The number of aliphatic hydroxyl groups is 3. The van der Waals surface area contributed by atoms with Gasteiger partial charge in [-0.1, -0.05) is 17.7 Å². The van der Waals surface area contributed by atoms with Crippen molar-refractivity contribution in [1.29, 1.82) is 0 Å². The Bertz CT molecular complexity index is 202. The number of rotatable bonds is 4. The lowest BCUT2D eigenvalue weighted by Gasteiger charge is -2.28. The molecule has 3 atom stereocenters. The molecule has 0 aliphatic heterocycles. The summed E-state index contributed by atoms with van der Waals surface area (Å²) in [6.45, 7) is 8.38. The predicted molar refractivity (Wildman–Crippen MR) is 52.3 cm³/mol. The van der Waals surface area contributed by atoms with Crippen LogP contribution in [0, 0.1) is 0 Å². The van der Waals surface area contributed by atoms with Gasteiger partial charge in [-0.2, -0.15) is 0 Å². The zero-order chi connectivity index (χ0) is 10.6. The number of aliphatic hydroxyl groups excluding tert-OH is 2. The Morgan fingerprint density at radius 3 is 2.15 bits per heavy atom. The van der Waals surface area contributed by atoms with Crippen LogP contribution >= 0.6 is 0 Å². The molecule has 0 aliphatic carbocycles. The maximum absolute atomic E-state index is 9.52. The second-order valence-electron chi connectivity index (χ2n) is 3.61. The van der Waals surface area contributed by atoms with E-state index in [1.165, 1.54) is 19.1 Å². The fourth-order valence-electron chi connectivity index (χ4n) is 0.899. The Labute approximate surface area is 79.0 Å². The third-order valence-corrected chi connectivity index (χ3v) is 1.84. The lowest BCUT2D eigenvalue weighted by atomic mass is 9.94. The van der Waals surface area contributed by atoms with E-state index in [0.717, 1.165) is 5.57 Å². The first-order valence-corrected chi connectivity index (χ1v) is 4.18. The highest BCUT2D eigenvalue weighted by molar-refractivity contribution is 5.08. The van der Waals surface area contributed by atoms with Crippen LogP contribution < -0.4 is 0 Å². The first kappa shape index (κ1) is 12.4. The molecule has 0 heterocycles. The molecular weight excluding hydrogens is 168 g/mol. The zero-order valence-corrected chi connectivity index (χ0v) is 8.36. The minimum atomic E-state index is -1.47. The number of hydrogen-bond acceptors (Lipinski definition) is 3. The van der Waals surface area contributed by atoms with Gasteiger partial charge in [-0.15, -0.1) is 6.58 Å². The summed E-state index contributed by atoms with van der Waals surface area (Å²) in [6, 6.07) is 0. The highest BCUT2D eigenvalue weighted by Gasteiger charge is 2.31. The van der Waals surface area contributed by atoms with E-state index in [1.54, 1.807) is 13.8 Å². The van der Waals surface area contributed by atoms with Crippen molar-refractivity contribution in [3.63, 3.8) is 0 Å². The third-order valence-electron chi connectivity index (χ3n) is 1.84. The molecule has 76 valence electrons. The third kappa shape index (κ3) is 3.72. The Balaban J connectivity index is 4.51. The Kier molecular flexibility index (Phi) is 4.33. The molecule has 3 heteroatoms. The van der Waals surface area contributed by atoms with E-state index in [9.17, 15) is 15.3 Å². The molecule has 0 spiro atoms. The maximum atomic E-state index is 9.52. The van der Waals surface area contributed by atoms with Crippen molar-refractivity contribution < 1.29 is 15.3 Å². The molecule has 0 aromatic heterocycles. The standard InChI is InChI=1S/C10H18O3/c1-5-10(4,13)9(12)8(11)6-7(2)3/h5-6,8-9,11-13H,1H2,2-4H3. The van der Waals surface area contributed by atoms with Crippen LogP contribution in [-0.2, 0) is 0 Å². The second-order valence-corrected chi connectivity index (χ2v) is 3.61. The molecular formula is C10H18O3. The molecule has 3 unspecified atom stereocenters. The lowest BCUT2D eigenvalue weighted by Crippen LogP contribution is -2.44. The summed E-state index contributed by atoms with van der Waals surface area (Å²) in [5.41, 5.74) is -0.586. The molecule has 3 nitrogen and oxygen atoms in total. The highest BCUT2D eigenvalue weighted by Crippen LogP contribution is 2.15. The van der Waals surface area contributed by atoms with Crippen LogP contribution in [0.2, 0.25) is 0 Å². The van der Waals surface area contributed by atoms with Crippen molar-refractivity contribution in [3.8, 4) is 0 Å². The van der Waals surface area contributed by atoms with Crippen molar-refractivity contribution >= 4 is 0 Å². The van der Waals surface area contributed by atoms with Gasteiger partial charge >= 0.3 is 0 Å². The van der Waals surface area contributed by atoms with E-state index < -0.39 is 17.8 Å². The van der Waals surface area contributed by atoms with Crippen LogP contribution in [0.5, 0.6) is 0 Å². The largest absolute Gasteiger partial charge is 0.387 e. The quantitative estimate of drug-likeness (QED) is 0.564. The summed E-state index contributed by atoms with van der Waals surface area (Å²) in [6.07, 6.45) is 0.375. The monoisotopic (exact) mass is 186 g/mol. The molecule has 0 saturated carbocycles. The van der Waals surface area contributed by atoms with Crippen LogP contribution in [0.4, 0.5) is 0 Å². The molecule has 3 N–H and O–H groups in total. The Morgan fingerprint density at radius 2 is 1.85 bits per heavy atom. The van der Waals surface area contributed by atoms with Crippen molar-refractivity contribution in [2.45, 2.75) is 38.6 Å². The number of hydrogen-bond donors (Lipinski definition) is 3. The molecule has 0 aliphatic rings. The van der Waals surface area contributed by atoms with Gasteiger partial charge in [0.05, 0.1) is 0 Å². The van der Waals surface area contributed by atoms with Gasteiger partial charge in [0.15, 0.2) is 0 Å². The van der Waals surface area contributed by atoms with Crippen molar-refractivity contribution in [1.82, 2.24) is 0 Å². The van der Waals surface area contributed by atoms with E-state index in [0.29, 0.717) is 0 Å². The fourth-order valence-corrected chi connectivity index (χ4v) is 0.899. The van der Waals surface area contributed by atoms with E-state index >= 15 is 0 Å². The average Bonchev–Trinajstić information content (AvgIpc) is 2.01. The van der Waals surface area contributed by atoms with Gasteiger partial charge in [-0.3, -0.25) is 0 Å². The molecule has 0 aromatic rings. The molecule has 0 aromatic carbocycles. The minimum absolute atomic E-state index is 0.881. The molecule has 0 fully saturated rings. The van der Waals surface area contributed by atoms with Gasteiger partial charge in [0.25, 0.3) is 0 Å². The molecule has 0 rings (SSSR count). The summed E-state index contributed by atoms with van der Waals surface area (Å²) in [5, 5.41) is 28.4. The highest BCUT2D eigenvalue weighted by atomic mass is 16.4. The SMILES string of the molecule is C=CC(C)(O)C(O)C(O)C=C(C)C. The van der Waals surface area contributed by atoms with Crippen LogP contribution in [0.1, 0.15) is 20.8 Å². The summed E-state index contributed by atoms with van der Waals surface area (Å²) in [7, 11) is 0. The molecule has 13 heavy (non-hydrogen) atoms. The van der Waals surface area contributed by atoms with Gasteiger partial charge in [-0.25, -0.2) is 0 Å². The first-order valence-electron chi connectivity index (χ1n) is 4.18. The van der Waals surface area contributed by atoms with Crippen LogP contribution in [0.3, 0.4) is 0 Å².